The molecule has 3 aromatic rings. The van der Waals surface area contributed by atoms with Crippen molar-refractivity contribution in [2.24, 2.45) is 0 Å². The number of carbonyl (C=O) groups excluding carboxylic acids is 1. The molecule has 4 rings (SSSR count). The Kier molecular flexibility index (Phi) is 7.26. The van der Waals surface area contributed by atoms with Gasteiger partial charge in [-0.2, -0.15) is 13.2 Å². The minimum Gasteiger partial charge on any atom is -0.493 e. The van der Waals surface area contributed by atoms with Gasteiger partial charge < -0.3 is 19.7 Å². The molecule has 0 aliphatic carbocycles. The van der Waals surface area contributed by atoms with Crippen molar-refractivity contribution in [1.29, 1.82) is 0 Å². The lowest BCUT2D eigenvalue weighted by molar-refractivity contribution is -0.137. The van der Waals surface area contributed by atoms with Crippen molar-refractivity contribution < 1.29 is 27.4 Å². The number of nitrogens with one attached hydrogen (secondary N) is 1. The molecule has 0 saturated carbocycles. The third-order valence-corrected chi connectivity index (χ3v) is 6.19. The number of hydrogen-bond donors (Lipinski definition) is 1. The summed E-state index contributed by atoms with van der Waals surface area (Å²) in [6.45, 7) is 1.70. The number of halogens is 3. The molecule has 0 unspecified atom stereocenters. The van der Waals surface area contributed by atoms with Gasteiger partial charge in [0.15, 0.2) is 11.5 Å². The lowest BCUT2D eigenvalue weighted by atomic mass is 10.1. The van der Waals surface area contributed by atoms with Crippen molar-refractivity contribution in [1.82, 2.24) is 4.98 Å². The van der Waals surface area contributed by atoms with Gasteiger partial charge in [-0.05, 0) is 55.7 Å². The van der Waals surface area contributed by atoms with Crippen LogP contribution in [0.4, 0.5) is 24.5 Å². The van der Waals surface area contributed by atoms with Crippen LogP contribution in [0.2, 0.25) is 0 Å². The van der Waals surface area contributed by atoms with Gasteiger partial charge >= 0.3 is 6.18 Å². The lowest BCUT2D eigenvalue weighted by Gasteiger charge is -2.31. The first kappa shape index (κ1) is 23.9. The average molecular weight is 492 g/mol. The maximum Gasteiger partial charge on any atom is 0.416 e. The molecule has 10 heteroatoms. The fourth-order valence-corrected chi connectivity index (χ4v) is 4.35. The third kappa shape index (κ3) is 5.61. The van der Waals surface area contributed by atoms with Crippen LogP contribution >= 0.6 is 11.3 Å². The van der Waals surface area contributed by atoms with Crippen LogP contribution in [0.3, 0.4) is 0 Å². The Morgan fingerprint density at radius 1 is 1.12 bits per heavy atom. The highest BCUT2D eigenvalue weighted by Gasteiger charge is 2.32. The minimum absolute atomic E-state index is 0.129. The number of ether oxygens (including phenoxy) is 2. The predicted molar refractivity (Wildman–Crippen MR) is 125 cm³/mol. The van der Waals surface area contributed by atoms with E-state index in [1.807, 2.05) is 10.3 Å². The van der Waals surface area contributed by atoms with Crippen molar-refractivity contribution in [2.75, 3.05) is 30.4 Å². The molecule has 1 N–H and O–H groups in total. The van der Waals surface area contributed by atoms with Crippen LogP contribution in [0, 0.1) is 0 Å². The number of hydrogen-bond acceptors (Lipinski definition) is 6. The molecule has 2 aromatic carbocycles. The van der Waals surface area contributed by atoms with E-state index in [4.69, 9.17) is 9.47 Å². The van der Waals surface area contributed by atoms with Gasteiger partial charge in [-0.25, -0.2) is 4.98 Å². The largest absolute Gasteiger partial charge is 0.493 e. The molecular weight excluding hydrogens is 467 g/mol. The van der Waals surface area contributed by atoms with Crippen LogP contribution in [0.5, 0.6) is 11.5 Å². The van der Waals surface area contributed by atoms with Crippen molar-refractivity contribution in [3.63, 3.8) is 0 Å². The molecule has 2 heterocycles. The zero-order chi connectivity index (χ0) is 24.1. The van der Waals surface area contributed by atoms with E-state index in [9.17, 15) is 18.0 Å². The summed E-state index contributed by atoms with van der Waals surface area (Å²) in [7, 11) is 1.45. The topological polar surface area (TPSA) is 63.7 Å². The molecule has 1 aliphatic rings. The van der Waals surface area contributed by atoms with Gasteiger partial charge in [-0.15, -0.1) is 11.3 Å². The molecule has 1 amide bonds. The zero-order valence-corrected chi connectivity index (χ0v) is 19.3. The number of thiazole rings is 1. The van der Waals surface area contributed by atoms with E-state index >= 15 is 0 Å². The summed E-state index contributed by atoms with van der Waals surface area (Å²) in [5.41, 5.74) is 2.60. The number of benzene rings is 2. The Bertz CT molecular complexity index is 1130. The lowest BCUT2D eigenvalue weighted by Crippen LogP contribution is -2.30. The maximum atomic E-state index is 13.4. The van der Waals surface area contributed by atoms with E-state index in [2.05, 4.69) is 10.3 Å². The Hall–Kier alpha value is -3.27. The van der Waals surface area contributed by atoms with E-state index in [0.717, 1.165) is 50.2 Å². The monoisotopic (exact) mass is 491 g/mol. The summed E-state index contributed by atoms with van der Waals surface area (Å²) in [5, 5.41) is 4.54. The second kappa shape index (κ2) is 10.3. The van der Waals surface area contributed by atoms with Crippen molar-refractivity contribution >= 4 is 28.6 Å². The first-order chi connectivity index (χ1) is 16.3. The number of carbonyl (C=O) groups is 1. The molecule has 0 spiro atoms. The van der Waals surface area contributed by atoms with Crippen LogP contribution in [0.25, 0.3) is 0 Å². The number of methoxy groups -OCH3 is 1. The molecule has 0 atom stereocenters. The number of aromatic nitrogens is 1. The summed E-state index contributed by atoms with van der Waals surface area (Å²) in [6.07, 6.45) is -1.53. The zero-order valence-electron chi connectivity index (χ0n) is 18.5. The Morgan fingerprint density at radius 3 is 2.59 bits per heavy atom. The average Bonchev–Trinajstić information content (AvgIpc) is 3.36. The minimum atomic E-state index is -4.51. The molecule has 1 saturated heterocycles. The van der Waals surface area contributed by atoms with Gasteiger partial charge in [0, 0.05) is 24.0 Å². The number of amides is 1. The highest BCUT2D eigenvalue weighted by molar-refractivity contribution is 7.07. The number of piperidine rings is 1. The SMILES string of the molecule is COc1cc(C(=O)Nc2cc(C(F)(F)F)ccc2N2CCCCC2)ccc1OCc1cscn1. The summed E-state index contributed by atoms with van der Waals surface area (Å²) >= 11 is 1.46. The van der Waals surface area contributed by atoms with E-state index in [0.29, 0.717) is 17.2 Å². The maximum absolute atomic E-state index is 13.4. The number of nitrogens with zero attached hydrogens (tertiary/aromatic N) is 2. The molecule has 34 heavy (non-hydrogen) atoms. The van der Waals surface area contributed by atoms with Crippen LogP contribution < -0.4 is 19.7 Å². The van der Waals surface area contributed by atoms with Crippen molar-refractivity contribution in [3.05, 3.63) is 64.1 Å². The first-order valence-electron chi connectivity index (χ1n) is 10.8. The highest BCUT2D eigenvalue weighted by Crippen LogP contribution is 2.37. The highest BCUT2D eigenvalue weighted by atomic mass is 32.1. The second-order valence-corrected chi connectivity index (χ2v) is 8.58. The summed E-state index contributed by atoms with van der Waals surface area (Å²) in [4.78, 5) is 19.2. The Morgan fingerprint density at radius 2 is 1.91 bits per heavy atom. The smallest absolute Gasteiger partial charge is 0.416 e. The van der Waals surface area contributed by atoms with Crippen molar-refractivity contribution in [3.8, 4) is 11.5 Å². The molecular formula is C24H24F3N3O3S. The van der Waals surface area contributed by atoms with Gasteiger partial charge in [-0.3, -0.25) is 4.79 Å². The molecule has 1 aliphatic heterocycles. The number of alkyl halides is 3. The second-order valence-electron chi connectivity index (χ2n) is 7.87. The molecule has 180 valence electrons. The van der Waals surface area contributed by atoms with Gasteiger partial charge in [0.1, 0.15) is 6.61 Å². The predicted octanol–water partition coefficient (Wildman–Crippen LogP) is 5.99. The molecule has 6 nitrogen and oxygen atoms in total. The third-order valence-electron chi connectivity index (χ3n) is 5.55. The summed E-state index contributed by atoms with van der Waals surface area (Å²) < 4.78 is 51.2. The first-order valence-corrected chi connectivity index (χ1v) is 11.7. The Balaban J connectivity index is 1.57. The summed E-state index contributed by atoms with van der Waals surface area (Å²) in [6, 6.07) is 8.11. The fraction of sp³-hybridized carbons (Fsp3) is 0.333. The van der Waals surface area contributed by atoms with E-state index < -0.39 is 17.6 Å². The van der Waals surface area contributed by atoms with E-state index in [1.54, 1.807) is 17.6 Å². The number of anilines is 2. The van der Waals surface area contributed by atoms with Crippen LogP contribution in [-0.2, 0) is 12.8 Å². The molecule has 1 aromatic heterocycles. The van der Waals surface area contributed by atoms with Gasteiger partial charge in [0.25, 0.3) is 5.91 Å². The normalized spacial score (nSPS) is 14.1. The van der Waals surface area contributed by atoms with Crippen LogP contribution in [-0.4, -0.2) is 31.1 Å². The van der Waals surface area contributed by atoms with Crippen molar-refractivity contribution in [2.45, 2.75) is 32.0 Å². The van der Waals surface area contributed by atoms with E-state index in [-0.39, 0.29) is 17.9 Å². The molecule has 0 radical (unpaired) electrons. The summed E-state index contributed by atoms with van der Waals surface area (Å²) in [5.74, 6) is 0.227. The Labute approximate surface area is 199 Å². The number of rotatable bonds is 7. The molecule has 0 bridgehead atoms. The quantitative estimate of drug-likeness (QED) is 0.440. The van der Waals surface area contributed by atoms with Crippen LogP contribution in [0.15, 0.2) is 47.3 Å². The van der Waals surface area contributed by atoms with Crippen LogP contribution in [0.1, 0.15) is 40.9 Å². The van der Waals surface area contributed by atoms with Gasteiger partial charge in [0.2, 0.25) is 0 Å². The van der Waals surface area contributed by atoms with E-state index in [1.165, 1.54) is 30.6 Å². The van der Waals surface area contributed by atoms with Gasteiger partial charge in [-0.1, -0.05) is 0 Å². The molecule has 1 fully saturated rings. The standard InChI is InChI=1S/C24H24F3N3O3S/c1-32-22-11-16(5-8-21(22)33-13-18-14-34-15-28-18)23(31)29-19-12-17(24(25,26)27)6-7-20(19)30-9-3-2-4-10-30/h5-8,11-12,14-15H,2-4,9-10,13H2,1H3,(H,29,31). The van der Waals surface area contributed by atoms with Gasteiger partial charge in [0.05, 0.1) is 35.3 Å². The fourth-order valence-electron chi connectivity index (χ4n) is 3.81.